The van der Waals surface area contributed by atoms with E-state index in [9.17, 15) is 14.9 Å². The van der Waals surface area contributed by atoms with Gasteiger partial charge in [0.05, 0.1) is 15.9 Å². The number of nitro groups is 1. The van der Waals surface area contributed by atoms with Crippen molar-refractivity contribution in [1.29, 1.82) is 0 Å². The minimum Gasteiger partial charge on any atom is -0.342 e. The number of nitrogens with zero attached hydrogens (tertiary/aromatic N) is 2. The Balaban J connectivity index is 1.87. The summed E-state index contributed by atoms with van der Waals surface area (Å²) >= 11 is 3.25. The molecule has 1 N–H and O–H groups in total. The summed E-state index contributed by atoms with van der Waals surface area (Å²) in [4.78, 5) is 24.3. The number of carbonyl (C=O) groups excluding carboxylic acids is 1. The number of hydrogen-bond donors (Lipinski definition) is 1. The Kier molecular flexibility index (Phi) is 5.69. The molecule has 114 valence electrons. The molecule has 1 heterocycles. The molecule has 0 unspecified atom stereocenters. The third kappa shape index (κ3) is 4.25. The van der Waals surface area contributed by atoms with Crippen LogP contribution in [0.15, 0.2) is 22.7 Å². The molecule has 21 heavy (non-hydrogen) atoms. The maximum Gasteiger partial charge on any atom is 0.283 e. The van der Waals surface area contributed by atoms with Crippen LogP contribution < -0.4 is 5.32 Å². The monoisotopic (exact) mass is 355 g/mol. The van der Waals surface area contributed by atoms with E-state index in [-0.39, 0.29) is 18.1 Å². The highest BCUT2D eigenvalue weighted by molar-refractivity contribution is 9.10. The van der Waals surface area contributed by atoms with Gasteiger partial charge in [0, 0.05) is 25.7 Å². The molecule has 1 aromatic carbocycles. The number of carbonyl (C=O) groups is 1. The van der Waals surface area contributed by atoms with E-state index in [0.717, 1.165) is 31.5 Å². The molecule has 0 atom stereocenters. The van der Waals surface area contributed by atoms with Crippen molar-refractivity contribution in [3.8, 4) is 0 Å². The van der Waals surface area contributed by atoms with Crippen molar-refractivity contribution >= 4 is 27.5 Å². The van der Waals surface area contributed by atoms with Gasteiger partial charge in [0.15, 0.2) is 0 Å². The van der Waals surface area contributed by atoms with Crippen LogP contribution in [-0.4, -0.2) is 35.4 Å². The molecule has 1 saturated heterocycles. The van der Waals surface area contributed by atoms with E-state index >= 15 is 0 Å². The van der Waals surface area contributed by atoms with Gasteiger partial charge in [0.25, 0.3) is 5.69 Å². The van der Waals surface area contributed by atoms with E-state index in [0.29, 0.717) is 11.0 Å². The zero-order chi connectivity index (χ0) is 15.2. The quantitative estimate of drug-likeness (QED) is 0.650. The van der Waals surface area contributed by atoms with Crippen LogP contribution in [0.3, 0.4) is 0 Å². The SMILES string of the molecule is O=C(CNCc1cccc([N+](=O)[O-])c1Br)N1CCCCC1. The highest BCUT2D eigenvalue weighted by atomic mass is 79.9. The van der Waals surface area contributed by atoms with Gasteiger partial charge < -0.3 is 10.2 Å². The fourth-order valence-electron chi connectivity index (χ4n) is 2.40. The lowest BCUT2D eigenvalue weighted by Crippen LogP contribution is -2.41. The topological polar surface area (TPSA) is 75.5 Å². The van der Waals surface area contributed by atoms with Crippen molar-refractivity contribution in [1.82, 2.24) is 10.2 Å². The summed E-state index contributed by atoms with van der Waals surface area (Å²) < 4.78 is 0.466. The number of halogens is 1. The summed E-state index contributed by atoms with van der Waals surface area (Å²) in [5, 5.41) is 13.9. The van der Waals surface area contributed by atoms with Gasteiger partial charge in [-0.25, -0.2) is 0 Å². The van der Waals surface area contributed by atoms with Crippen LogP contribution in [0.2, 0.25) is 0 Å². The Morgan fingerprint density at radius 2 is 2.05 bits per heavy atom. The summed E-state index contributed by atoms with van der Waals surface area (Å²) in [5.74, 6) is 0.0938. The maximum absolute atomic E-state index is 12.0. The highest BCUT2D eigenvalue weighted by Crippen LogP contribution is 2.28. The molecular weight excluding hydrogens is 338 g/mol. The van der Waals surface area contributed by atoms with Crippen molar-refractivity contribution in [2.45, 2.75) is 25.8 Å². The lowest BCUT2D eigenvalue weighted by atomic mass is 10.1. The van der Waals surface area contributed by atoms with Gasteiger partial charge in [-0.1, -0.05) is 12.1 Å². The second-order valence-electron chi connectivity index (χ2n) is 5.05. The normalized spacial score (nSPS) is 15.0. The van der Waals surface area contributed by atoms with E-state index in [2.05, 4.69) is 21.2 Å². The first-order valence-electron chi connectivity index (χ1n) is 7.00. The number of hydrogen-bond acceptors (Lipinski definition) is 4. The van der Waals surface area contributed by atoms with E-state index in [1.54, 1.807) is 12.1 Å². The summed E-state index contributed by atoms with van der Waals surface area (Å²) in [6.07, 6.45) is 3.34. The molecular formula is C14H18BrN3O3. The number of amides is 1. The molecule has 0 radical (unpaired) electrons. The predicted molar refractivity (Wildman–Crippen MR) is 82.9 cm³/mol. The fraction of sp³-hybridized carbons (Fsp3) is 0.500. The molecule has 1 aliphatic rings. The van der Waals surface area contributed by atoms with Gasteiger partial charge in [-0.2, -0.15) is 0 Å². The van der Waals surface area contributed by atoms with Gasteiger partial charge in [-0.05, 0) is 40.8 Å². The van der Waals surface area contributed by atoms with Gasteiger partial charge in [0.2, 0.25) is 5.91 Å². The zero-order valence-corrected chi connectivity index (χ0v) is 13.3. The maximum atomic E-state index is 12.0. The first-order valence-corrected chi connectivity index (χ1v) is 7.79. The Morgan fingerprint density at radius 1 is 1.33 bits per heavy atom. The predicted octanol–water partition coefficient (Wildman–Crippen LogP) is 2.46. The zero-order valence-electron chi connectivity index (χ0n) is 11.7. The summed E-state index contributed by atoms with van der Waals surface area (Å²) in [5.41, 5.74) is 0.812. The van der Waals surface area contributed by atoms with Crippen LogP contribution in [0.4, 0.5) is 5.69 Å². The molecule has 0 aromatic heterocycles. The van der Waals surface area contributed by atoms with Crippen LogP contribution in [0, 0.1) is 10.1 Å². The largest absolute Gasteiger partial charge is 0.342 e. The number of nitro benzene ring substituents is 1. The van der Waals surface area contributed by atoms with Crippen molar-refractivity contribution in [2.24, 2.45) is 0 Å². The minimum absolute atomic E-state index is 0.0386. The van der Waals surface area contributed by atoms with Gasteiger partial charge >= 0.3 is 0 Å². The third-order valence-corrected chi connectivity index (χ3v) is 4.47. The molecule has 1 amide bonds. The van der Waals surface area contributed by atoms with Crippen LogP contribution in [-0.2, 0) is 11.3 Å². The molecule has 1 fully saturated rings. The Labute approximate surface area is 131 Å². The summed E-state index contributed by atoms with van der Waals surface area (Å²) in [6, 6.07) is 4.90. The second-order valence-corrected chi connectivity index (χ2v) is 5.85. The van der Waals surface area contributed by atoms with Crippen LogP contribution >= 0.6 is 15.9 Å². The van der Waals surface area contributed by atoms with E-state index in [1.807, 2.05) is 4.90 Å². The number of likely N-dealkylation sites (tertiary alicyclic amines) is 1. The van der Waals surface area contributed by atoms with Crippen molar-refractivity contribution in [2.75, 3.05) is 19.6 Å². The molecule has 0 aliphatic carbocycles. The van der Waals surface area contributed by atoms with E-state index in [1.165, 1.54) is 12.5 Å². The van der Waals surface area contributed by atoms with Gasteiger partial charge in [0.1, 0.15) is 0 Å². The molecule has 6 nitrogen and oxygen atoms in total. The lowest BCUT2D eigenvalue weighted by Gasteiger charge is -2.26. The van der Waals surface area contributed by atoms with Crippen LogP contribution in [0.1, 0.15) is 24.8 Å². The lowest BCUT2D eigenvalue weighted by molar-refractivity contribution is -0.385. The average molecular weight is 356 g/mol. The fourth-order valence-corrected chi connectivity index (χ4v) is 2.95. The first-order chi connectivity index (χ1) is 10.1. The minimum atomic E-state index is -0.424. The Hall–Kier alpha value is -1.47. The summed E-state index contributed by atoms with van der Waals surface area (Å²) in [6.45, 7) is 2.35. The number of benzene rings is 1. The van der Waals surface area contributed by atoms with E-state index < -0.39 is 4.92 Å². The average Bonchev–Trinajstić information content (AvgIpc) is 2.49. The van der Waals surface area contributed by atoms with Crippen LogP contribution in [0.5, 0.6) is 0 Å². The molecule has 0 spiro atoms. The van der Waals surface area contributed by atoms with Crippen molar-refractivity contribution < 1.29 is 9.72 Å². The number of nitrogens with one attached hydrogen (secondary N) is 1. The molecule has 1 aliphatic heterocycles. The van der Waals surface area contributed by atoms with Crippen molar-refractivity contribution in [3.63, 3.8) is 0 Å². The highest BCUT2D eigenvalue weighted by Gasteiger charge is 2.17. The van der Waals surface area contributed by atoms with Crippen LogP contribution in [0.25, 0.3) is 0 Å². The standard InChI is InChI=1S/C14H18BrN3O3/c15-14-11(5-4-6-12(14)18(20)21)9-16-10-13(19)17-7-2-1-3-8-17/h4-6,16H,1-3,7-10H2. The molecule has 2 rings (SSSR count). The molecule has 0 bridgehead atoms. The third-order valence-electron chi connectivity index (χ3n) is 3.56. The van der Waals surface area contributed by atoms with Crippen molar-refractivity contribution in [3.05, 3.63) is 38.3 Å². The Bertz CT molecular complexity index is 530. The molecule has 1 aromatic rings. The molecule has 7 heteroatoms. The van der Waals surface area contributed by atoms with Gasteiger partial charge in [-0.3, -0.25) is 14.9 Å². The summed E-state index contributed by atoms with van der Waals surface area (Å²) in [7, 11) is 0. The first kappa shape index (κ1) is 15.9. The number of piperidine rings is 1. The molecule has 0 saturated carbocycles. The Morgan fingerprint density at radius 3 is 2.71 bits per heavy atom. The number of rotatable bonds is 5. The second kappa shape index (κ2) is 7.51. The van der Waals surface area contributed by atoms with E-state index in [4.69, 9.17) is 0 Å². The smallest absolute Gasteiger partial charge is 0.283 e. The van der Waals surface area contributed by atoms with Gasteiger partial charge in [-0.15, -0.1) is 0 Å².